The fraction of sp³-hybridized carbons (Fsp3) is 0.208. The molecule has 0 spiro atoms. The SMILES string of the molecule is CC(C)c1cc(I)ccc1NC(=O)CSc1nnc(COc2ccc3ccccc3c2)o1. The van der Waals surface area contributed by atoms with Crippen LogP contribution in [0, 0.1) is 3.57 Å². The van der Waals surface area contributed by atoms with E-state index in [2.05, 4.69) is 64.1 Å². The number of anilines is 1. The Morgan fingerprint density at radius 1 is 1.09 bits per heavy atom. The summed E-state index contributed by atoms with van der Waals surface area (Å²) in [5.41, 5.74) is 1.95. The van der Waals surface area contributed by atoms with Crippen LogP contribution in [0.15, 0.2) is 70.3 Å². The summed E-state index contributed by atoms with van der Waals surface area (Å²) in [5.74, 6) is 1.46. The third-order valence-corrected chi connectivity index (χ3v) is 6.26. The van der Waals surface area contributed by atoms with Gasteiger partial charge < -0.3 is 14.5 Å². The first-order valence-electron chi connectivity index (χ1n) is 10.1. The number of thioether (sulfide) groups is 1. The highest BCUT2D eigenvalue weighted by Gasteiger charge is 2.13. The molecule has 4 rings (SSSR count). The van der Waals surface area contributed by atoms with Crippen LogP contribution in [0.25, 0.3) is 10.8 Å². The highest BCUT2D eigenvalue weighted by Crippen LogP contribution is 2.27. The van der Waals surface area contributed by atoms with E-state index in [4.69, 9.17) is 9.15 Å². The number of ether oxygens (including phenoxy) is 1. The molecule has 0 saturated carbocycles. The van der Waals surface area contributed by atoms with Gasteiger partial charge in [-0.2, -0.15) is 0 Å². The van der Waals surface area contributed by atoms with Crippen LogP contribution < -0.4 is 10.1 Å². The average Bonchev–Trinajstić information content (AvgIpc) is 3.25. The Kier molecular flexibility index (Phi) is 7.31. The first-order valence-corrected chi connectivity index (χ1v) is 12.2. The van der Waals surface area contributed by atoms with Crippen LogP contribution in [0.2, 0.25) is 0 Å². The largest absolute Gasteiger partial charge is 0.484 e. The van der Waals surface area contributed by atoms with Gasteiger partial charge in [0.25, 0.3) is 11.1 Å². The zero-order valence-corrected chi connectivity index (χ0v) is 20.6. The van der Waals surface area contributed by atoms with Gasteiger partial charge in [0.1, 0.15) is 5.75 Å². The zero-order chi connectivity index (χ0) is 22.5. The molecule has 1 amide bonds. The summed E-state index contributed by atoms with van der Waals surface area (Å²) in [6.07, 6.45) is 0. The molecule has 6 nitrogen and oxygen atoms in total. The molecule has 0 atom stereocenters. The van der Waals surface area contributed by atoms with Crippen molar-refractivity contribution < 1.29 is 13.9 Å². The number of fused-ring (bicyclic) bond motifs is 1. The van der Waals surface area contributed by atoms with Crippen molar-refractivity contribution in [2.75, 3.05) is 11.1 Å². The van der Waals surface area contributed by atoms with Crippen molar-refractivity contribution in [2.24, 2.45) is 0 Å². The van der Waals surface area contributed by atoms with E-state index < -0.39 is 0 Å². The lowest BCUT2D eigenvalue weighted by molar-refractivity contribution is -0.113. The molecule has 0 radical (unpaired) electrons. The van der Waals surface area contributed by atoms with E-state index in [1.165, 1.54) is 11.8 Å². The van der Waals surface area contributed by atoms with Gasteiger partial charge in [-0.3, -0.25) is 4.79 Å². The first-order chi connectivity index (χ1) is 15.5. The molecule has 8 heteroatoms. The van der Waals surface area contributed by atoms with Gasteiger partial charge in [0.15, 0.2) is 6.61 Å². The van der Waals surface area contributed by atoms with E-state index in [9.17, 15) is 4.79 Å². The Labute approximate surface area is 204 Å². The van der Waals surface area contributed by atoms with E-state index in [1.54, 1.807) is 0 Å². The monoisotopic (exact) mass is 559 g/mol. The van der Waals surface area contributed by atoms with Crippen LogP contribution in [0.5, 0.6) is 5.75 Å². The first kappa shape index (κ1) is 22.6. The number of hydrogen-bond donors (Lipinski definition) is 1. The van der Waals surface area contributed by atoms with Gasteiger partial charge in [-0.15, -0.1) is 10.2 Å². The van der Waals surface area contributed by atoms with Crippen molar-refractivity contribution in [1.82, 2.24) is 10.2 Å². The van der Waals surface area contributed by atoms with Crippen molar-refractivity contribution in [1.29, 1.82) is 0 Å². The summed E-state index contributed by atoms with van der Waals surface area (Å²) in [4.78, 5) is 12.4. The predicted molar refractivity (Wildman–Crippen MR) is 135 cm³/mol. The Balaban J connectivity index is 1.30. The fourth-order valence-electron chi connectivity index (χ4n) is 3.20. The topological polar surface area (TPSA) is 77.2 Å². The van der Waals surface area contributed by atoms with Crippen molar-refractivity contribution >= 4 is 56.7 Å². The fourth-order valence-corrected chi connectivity index (χ4v) is 4.29. The molecular weight excluding hydrogens is 537 g/mol. The van der Waals surface area contributed by atoms with E-state index in [0.717, 1.165) is 31.3 Å². The minimum atomic E-state index is -0.120. The molecule has 0 aliphatic carbocycles. The summed E-state index contributed by atoms with van der Waals surface area (Å²) in [5, 5.41) is 13.6. The molecule has 4 aromatic rings. The number of aromatic nitrogens is 2. The van der Waals surface area contributed by atoms with Crippen LogP contribution in [-0.4, -0.2) is 21.9 Å². The number of amides is 1. The van der Waals surface area contributed by atoms with Crippen molar-refractivity contribution in [3.05, 3.63) is 75.7 Å². The minimum absolute atomic E-state index is 0.120. The molecule has 0 aliphatic heterocycles. The van der Waals surface area contributed by atoms with Crippen LogP contribution >= 0.6 is 34.4 Å². The predicted octanol–water partition coefficient (Wildman–Crippen LogP) is 6.26. The number of carbonyl (C=O) groups is 1. The van der Waals surface area contributed by atoms with E-state index in [1.807, 2.05) is 48.5 Å². The Morgan fingerprint density at radius 3 is 2.72 bits per heavy atom. The molecular formula is C24H22IN3O3S. The Bertz CT molecular complexity index is 1240. The highest BCUT2D eigenvalue weighted by molar-refractivity contribution is 14.1. The summed E-state index contributed by atoms with van der Waals surface area (Å²) >= 11 is 3.48. The lowest BCUT2D eigenvalue weighted by atomic mass is 10.0. The van der Waals surface area contributed by atoms with Gasteiger partial charge >= 0.3 is 0 Å². The van der Waals surface area contributed by atoms with Crippen LogP contribution in [-0.2, 0) is 11.4 Å². The highest BCUT2D eigenvalue weighted by atomic mass is 127. The number of hydrogen-bond acceptors (Lipinski definition) is 6. The molecule has 3 aromatic carbocycles. The van der Waals surface area contributed by atoms with Gasteiger partial charge in [-0.25, -0.2) is 0 Å². The molecule has 0 fully saturated rings. The average molecular weight is 559 g/mol. The van der Waals surface area contributed by atoms with Gasteiger partial charge in [0.2, 0.25) is 5.91 Å². The number of nitrogens with zero attached hydrogens (tertiary/aromatic N) is 2. The second-order valence-corrected chi connectivity index (χ2v) is 9.65. The molecule has 0 aliphatic rings. The molecule has 1 heterocycles. The smallest absolute Gasteiger partial charge is 0.277 e. The molecule has 0 bridgehead atoms. The molecule has 1 N–H and O–H groups in total. The second kappa shape index (κ2) is 10.4. The van der Waals surface area contributed by atoms with Gasteiger partial charge in [0.05, 0.1) is 5.75 Å². The maximum atomic E-state index is 12.4. The molecule has 0 unspecified atom stereocenters. The third-order valence-electron chi connectivity index (χ3n) is 4.77. The molecule has 164 valence electrons. The Hall–Kier alpha value is -2.59. The van der Waals surface area contributed by atoms with E-state index in [0.29, 0.717) is 17.0 Å². The summed E-state index contributed by atoms with van der Waals surface area (Å²) < 4.78 is 12.5. The van der Waals surface area contributed by atoms with Crippen molar-refractivity contribution in [3.8, 4) is 5.75 Å². The summed E-state index contributed by atoms with van der Waals surface area (Å²) in [6, 6.07) is 20.0. The summed E-state index contributed by atoms with van der Waals surface area (Å²) in [7, 11) is 0. The molecule has 1 aromatic heterocycles. The van der Waals surface area contributed by atoms with Crippen molar-refractivity contribution in [2.45, 2.75) is 31.6 Å². The second-order valence-electron chi connectivity index (χ2n) is 7.48. The standard InChI is InChI=1S/C24H22IN3O3S/c1-15(2)20-12-18(25)8-10-21(20)26-22(29)14-32-24-28-27-23(31-24)13-30-19-9-7-16-5-3-4-6-17(16)11-19/h3-12,15H,13-14H2,1-2H3,(H,26,29). The van der Waals surface area contributed by atoms with Gasteiger partial charge in [-0.1, -0.05) is 55.9 Å². The lowest BCUT2D eigenvalue weighted by Crippen LogP contribution is -2.15. The van der Waals surface area contributed by atoms with Crippen molar-refractivity contribution in [3.63, 3.8) is 0 Å². The third kappa shape index (κ3) is 5.80. The van der Waals surface area contributed by atoms with Crippen LogP contribution in [0.1, 0.15) is 31.2 Å². The summed E-state index contributed by atoms with van der Waals surface area (Å²) in [6.45, 7) is 4.38. The van der Waals surface area contributed by atoms with Gasteiger partial charge in [0, 0.05) is 9.26 Å². The quantitative estimate of drug-likeness (QED) is 0.203. The van der Waals surface area contributed by atoms with Gasteiger partial charge in [-0.05, 0) is 75.2 Å². The Morgan fingerprint density at radius 2 is 1.91 bits per heavy atom. The normalized spacial score (nSPS) is 11.1. The van der Waals surface area contributed by atoms with Crippen LogP contribution in [0.4, 0.5) is 5.69 Å². The maximum absolute atomic E-state index is 12.4. The van der Waals surface area contributed by atoms with E-state index >= 15 is 0 Å². The number of benzene rings is 3. The maximum Gasteiger partial charge on any atom is 0.277 e. The molecule has 32 heavy (non-hydrogen) atoms. The number of halogens is 1. The number of carbonyl (C=O) groups excluding carboxylic acids is 1. The van der Waals surface area contributed by atoms with E-state index in [-0.39, 0.29) is 18.3 Å². The zero-order valence-electron chi connectivity index (χ0n) is 17.7. The minimum Gasteiger partial charge on any atom is -0.484 e. The van der Waals surface area contributed by atoms with Crippen LogP contribution in [0.3, 0.4) is 0 Å². The molecule has 0 saturated heterocycles. The number of nitrogens with one attached hydrogen (secondary N) is 1. The lowest BCUT2D eigenvalue weighted by Gasteiger charge is -2.14. The number of rotatable bonds is 8.